The first-order chi connectivity index (χ1) is 6.61. The Bertz CT molecular complexity index is 513. The average Bonchev–Trinajstić information content (AvgIpc) is 2.16. The number of aromatic nitrogens is 2. The second kappa shape index (κ2) is 2.63. The zero-order valence-corrected chi connectivity index (χ0v) is 7.04. The quantitative estimate of drug-likeness (QED) is 0.252. The van der Waals surface area contributed by atoms with Gasteiger partial charge in [-0.15, -0.1) is 0 Å². The minimum Gasteiger partial charge on any atom is -0.561 e. The maximum Gasteiger partial charge on any atom is 0.321 e. The highest BCUT2D eigenvalue weighted by Gasteiger charge is 2.17. The number of rotatable bonds is 0. The number of fused-ring (bicyclic) bond motifs is 1. The number of phenols is 1. The van der Waals surface area contributed by atoms with Gasteiger partial charge in [-0.1, -0.05) is 0 Å². The molecule has 3 N–H and O–H groups in total. The van der Waals surface area contributed by atoms with E-state index in [1.807, 2.05) is 0 Å². The molecular formula is C8H7N3O3. The molecule has 0 saturated carbocycles. The standard InChI is InChI=1S/C8H7N3O3/c9-6-1-2-7(12)5-3-4-10(13)11(14)8(5)6/h1-4,12H,9H2. The summed E-state index contributed by atoms with van der Waals surface area (Å²) >= 11 is 0. The molecular weight excluding hydrogens is 186 g/mol. The first kappa shape index (κ1) is 8.36. The third kappa shape index (κ3) is 0.972. The summed E-state index contributed by atoms with van der Waals surface area (Å²) in [5.41, 5.74) is 5.64. The zero-order valence-electron chi connectivity index (χ0n) is 7.04. The van der Waals surface area contributed by atoms with Crippen LogP contribution >= 0.6 is 0 Å². The summed E-state index contributed by atoms with van der Waals surface area (Å²) in [5, 5.41) is 31.9. The molecule has 1 aromatic heterocycles. The highest BCUT2D eigenvalue weighted by atomic mass is 16.6. The monoisotopic (exact) mass is 193 g/mol. The predicted molar refractivity (Wildman–Crippen MR) is 47.9 cm³/mol. The normalized spacial score (nSPS) is 10.6. The van der Waals surface area contributed by atoms with Crippen molar-refractivity contribution in [3.63, 3.8) is 0 Å². The van der Waals surface area contributed by atoms with Crippen LogP contribution in [0.1, 0.15) is 0 Å². The van der Waals surface area contributed by atoms with E-state index < -0.39 is 0 Å². The van der Waals surface area contributed by atoms with Gasteiger partial charge in [-0.2, -0.15) is 0 Å². The third-order valence-corrected chi connectivity index (χ3v) is 1.96. The Balaban J connectivity index is 3.01. The van der Waals surface area contributed by atoms with Gasteiger partial charge in [0.2, 0.25) is 0 Å². The molecule has 6 nitrogen and oxygen atoms in total. The van der Waals surface area contributed by atoms with E-state index in [-0.39, 0.29) is 32.0 Å². The van der Waals surface area contributed by atoms with E-state index in [4.69, 9.17) is 5.73 Å². The van der Waals surface area contributed by atoms with Crippen molar-refractivity contribution in [3.05, 3.63) is 34.8 Å². The number of nitrogens with two attached hydrogens (primary N) is 1. The molecule has 0 aliphatic carbocycles. The second-order valence-electron chi connectivity index (χ2n) is 2.83. The lowest BCUT2D eigenvalue weighted by Gasteiger charge is -2.03. The SMILES string of the molecule is Nc1ccc(O)c2cc[n+]([O-])[n+]([O-])c12. The molecule has 0 bridgehead atoms. The van der Waals surface area contributed by atoms with Gasteiger partial charge in [0.1, 0.15) is 16.8 Å². The van der Waals surface area contributed by atoms with Crippen LogP contribution in [0.3, 0.4) is 0 Å². The van der Waals surface area contributed by atoms with Gasteiger partial charge >= 0.3 is 5.52 Å². The predicted octanol–water partition coefficient (Wildman–Crippen LogP) is -0.606. The molecule has 2 rings (SSSR count). The van der Waals surface area contributed by atoms with Gasteiger partial charge in [-0.05, 0) is 12.1 Å². The van der Waals surface area contributed by atoms with Crippen molar-refractivity contribution in [3.8, 4) is 5.75 Å². The first-order valence-electron chi connectivity index (χ1n) is 3.84. The van der Waals surface area contributed by atoms with E-state index in [1.165, 1.54) is 18.2 Å². The van der Waals surface area contributed by atoms with Crippen LogP contribution in [0.2, 0.25) is 0 Å². The van der Waals surface area contributed by atoms with Crippen LogP contribution < -0.4 is 15.4 Å². The Morgan fingerprint density at radius 3 is 2.64 bits per heavy atom. The Hall–Kier alpha value is -2.24. The molecule has 72 valence electrons. The van der Waals surface area contributed by atoms with E-state index in [9.17, 15) is 15.5 Å². The van der Waals surface area contributed by atoms with Gasteiger partial charge in [0.25, 0.3) is 6.20 Å². The minimum absolute atomic E-state index is 0.0255. The van der Waals surface area contributed by atoms with Crippen molar-refractivity contribution in [2.45, 2.75) is 0 Å². The molecule has 0 unspecified atom stereocenters. The van der Waals surface area contributed by atoms with Gasteiger partial charge in [0.05, 0.1) is 9.69 Å². The van der Waals surface area contributed by atoms with Crippen LogP contribution in [0.5, 0.6) is 5.75 Å². The largest absolute Gasteiger partial charge is 0.561 e. The average molecular weight is 193 g/mol. The highest BCUT2D eigenvalue weighted by Crippen LogP contribution is 2.25. The summed E-state index contributed by atoms with van der Waals surface area (Å²) in [5.74, 6) is -0.0839. The number of anilines is 1. The summed E-state index contributed by atoms with van der Waals surface area (Å²) in [7, 11) is 0. The fourth-order valence-corrected chi connectivity index (χ4v) is 1.29. The number of hydrogen-bond acceptors (Lipinski definition) is 4. The van der Waals surface area contributed by atoms with Crippen molar-refractivity contribution < 1.29 is 14.8 Å². The molecule has 2 aromatic rings. The third-order valence-electron chi connectivity index (χ3n) is 1.96. The van der Waals surface area contributed by atoms with Gasteiger partial charge in [-0.25, -0.2) is 0 Å². The van der Waals surface area contributed by atoms with Gasteiger partial charge in [-0.3, -0.25) is 0 Å². The van der Waals surface area contributed by atoms with Gasteiger partial charge in [0.15, 0.2) is 0 Å². The van der Waals surface area contributed by atoms with Crippen LogP contribution in [-0.2, 0) is 0 Å². The van der Waals surface area contributed by atoms with Crippen molar-refractivity contribution in [1.29, 1.82) is 0 Å². The number of benzene rings is 1. The van der Waals surface area contributed by atoms with E-state index in [2.05, 4.69) is 0 Å². The lowest BCUT2D eigenvalue weighted by atomic mass is 10.2. The van der Waals surface area contributed by atoms with Gasteiger partial charge < -0.3 is 21.3 Å². The van der Waals surface area contributed by atoms with Crippen molar-refractivity contribution in [2.24, 2.45) is 0 Å². The van der Waals surface area contributed by atoms with Crippen molar-refractivity contribution in [1.82, 2.24) is 0 Å². The van der Waals surface area contributed by atoms with Crippen molar-refractivity contribution >= 4 is 16.6 Å². The van der Waals surface area contributed by atoms with E-state index in [0.717, 1.165) is 6.20 Å². The Morgan fingerprint density at radius 1 is 1.21 bits per heavy atom. The number of hydrogen-bond donors (Lipinski definition) is 2. The molecule has 6 heteroatoms. The lowest BCUT2D eigenvalue weighted by Crippen LogP contribution is -2.60. The summed E-state index contributed by atoms with van der Waals surface area (Å²) in [6.07, 6.45) is 1.01. The van der Waals surface area contributed by atoms with E-state index in [1.54, 1.807) is 0 Å². The van der Waals surface area contributed by atoms with Crippen LogP contribution in [0.4, 0.5) is 5.69 Å². The Labute approximate surface area is 78.6 Å². The number of aromatic hydroxyl groups is 1. The Morgan fingerprint density at radius 2 is 1.93 bits per heavy atom. The fourth-order valence-electron chi connectivity index (χ4n) is 1.29. The molecule has 14 heavy (non-hydrogen) atoms. The molecule has 0 amide bonds. The molecule has 0 radical (unpaired) electrons. The van der Waals surface area contributed by atoms with Crippen LogP contribution in [-0.4, -0.2) is 5.11 Å². The molecule has 0 spiro atoms. The topological polar surface area (TPSA) is 100 Å². The molecule has 0 fully saturated rings. The molecule has 1 heterocycles. The summed E-state index contributed by atoms with van der Waals surface area (Å²) in [6.45, 7) is 0. The first-order valence-corrected chi connectivity index (χ1v) is 3.84. The molecule has 0 saturated heterocycles. The zero-order chi connectivity index (χ0) is 10.3. The lowest BCUT2D eigenvalue weighted by molar-refractivity contribution is -1.18. The maximum atomic E-state index is 11.3. The molecule has 0 atom stereocenters. The molecule has 1 aromatic carbocycles. The summed E-state index contributed by atoms with van der Waals surface area (Å²) < 4.78 is 0. The summed E-state index contributed by atoms with van der Waals surface area (Å²) in [4.78, 5) is 0.183. The number of phenolic OH excluding ortho intramolecular Hbond substituents is 1. The van der Waals surface area contributed by atoms with E-state index in [0.29, 0.717) is 0 Å². The van der Waals surface area contributed by atoms with Crippen LogP contribution in [0.25, 0.3) is 10.9 Å². The second-order valence-corrected chi connectivity index (χ2v) is 2.83. The van der Waals surface area contributed by atoms with Crippen LogP contribution in [0, 0.1) is 10.4 Å². The highest BCUT2D eigenvalue weighted by molar-refractivity contribution is 5.90. The molecule has 0 aliphatic heterocycles. The van der Waals surface area contributed by atoms with Gasteiger partial charge in [0, 0.05) is 6.07 Å². The number of nitrogen functional groups attached to an aromatic ring is 1. The fraction of sp³-hybridized carbons (Fsp3) is 0. The molecule has 0 aliphatic rings. The Kier molecular flexibility index (Phi) is 1.57. The smallest absolute Gasteiger partial charge is 0.321 e. The summed E-state index contributed by atoms with van der Waals surface area (Å²) in [6, 6.07) is 4.07. The van der Waals surface area contributed by atoms with Crippen molar-refractivity contribution in [2.75, 3.05) is 5.73 Å². The minimum atomic E-state index is -0.0839. The maximum absolute atomic E-state index is 11.3. The van der Waals surface area contributed by atoms with E-state index >= 15 is 0 Å². The van der Waals surface area contributed by atoms with Crippen LogP contribution in [0.15, 0.2) is 24.4 Å². The number of nitrogens with zero attached hydrogens (tertiary/aromatic N) is 2.